The van der Waals surface area contributed by atoms with Crippen molar-refractivity contribution in [3.8, 4) is 0 Å². The molecule has 85 heavy (non-hydrogen) atoms. The lowest BCUT2D eigenvalue weighted by Crippen LogP contribution is -2.61. The molecule has 10 amide bonds. The number of hydrogen-bond acceptors (Lipinski definition) is 13. The zero-order valence-electron chi connectivity index (χ0n) is 52.8. The molecule has 2 aliphatic heterocycles. The molecule has 22 nitrogen and oxygen atoms in total. The lowest BCUT2D eigenvalue weighted by Gasteiger charge is -2.38. The lowest BCUT2D eigenvalue weighted by molar-refractivity contribution is -0.153. The minimum atomic E-state index is -1.62. The van der Waals surface area contributed by atoms with Gasteiger partial charge in [0.1, 0.15) is 48.3 Å². The number of hydrogen-bond donors (Lipinski definition) is 4. The third kappa shape index (κ3) is 20.8. The first-order valence-electron chi connectivity index (χ1n) is 29.6. The van der Waals surface area contributed by atoms with Gasteiger partial charge in [-0.3, -0.25) is 47.9 Å². The van der Waals surface area contributed by atoms with Crippen molar-refractivity contribution in [3.05, 3.63) is 71.8 Å². The number of carbonyl (C=O) groups is 10. The predicted molar refractivity (Wildman–Crippen MR) is 326 cm³/mol. The second kappa shape index (κ2) is 32.8. The van der Waals surface area contributed by atoms with Crippen molar-refractivity contribution in [2.45, 2.75) is 167 Å². The van der Waals surface area contributed by atoms with Crippen molar-refractivity contribution in [1.82, 2.24) is 50.2 Å². The van der Waals surface area contributed by atoms with Crippen molar-refractivity contribution in [2.24, 2.45) is 11.8 Å². The van der Waals surface area contributed by atoms with E-state index in [1.165, 1.54) is 80.6 Å². The van der Waals surface area contributed by atoms with E-state index in [1.54, 1.807) is 68.1 Å². The van der Waals surface area contributed by atoms with Crippen LogP contribution in [0.4, 0.5) is 0 Å². The Morgan fingerprint density at radius 1 is 0.600 bits per heavy atom. The molecule has 2 aliphatic rings. The molecule has 0 unspecified atom stereocenters. The van der Waals surface area contributed by atoms with Crippen molar-refractivity contribution < 1.29 is 57.8 Å². The van der Waals surface area contributed by atoms with Gasteiger partial charge in [-0.15, -0.1) is 11.8 Å². The van der Waals surface area contributed by atoms with Crippen LogP contribution in [0.2, 0.25) is 0 Å². The van der Waals surface area contributed by atoms with Crippen LogP contribution in [0.15, 0.2) is 60.7 Å². The van der Waals surface area contributed by atoms with Crippen molar-refractivity contribution in [2.75, 3.05) is 80.0 Å². The molecule has 4 N–H and O–H groups in total. The number of rotatable bonds is 12. The molecule has 0 saturated carbocycles. The van der Waals surface area contributed by atoms with Gasteiger partial charge in [0, 0.05) is 74.0 Å². The Morgan fingerprint density at radius 3 is 1.58 bits per heavy atom. The Kier molecular flexibility index (Phi) is 27.3. The van der Waals surface area contributed by atoms with Crippen LogP contribution in [-0.4, -0.2) is 239 Å². The van der Waals surface area contributed by atoms with E-state index >= 15 is 4.79 Å². The maximum Gasteiger partial charge on any atom is 0.248 e. The molecule has 2 saturated heterocycles. The first-order chi connectivity index (χ1) is 39.8. The van der Waals surface area contributed by atoms with E-state index in [1.807, 2.05) is 45.9 Å². The second-order valence-corrected chi connectivity index (χ2v) is 25.6. The Labute approximate surface area is 507 Å². The smallest absolute Gasteiger partial charge is 0.248 e. The van der Waals surface area contributed by atoms with Gasteiger partial charge in [0.2, 0.25) is 59.1 Å². The fourth-order valence-electron chi connectivity index (χ4n) is 10.2. The van der Waals surface area contributed by atoms with Gasteiger partial charge in [-0.05, 0) is 89.7 Å². The summed E-state index contributed by atoms with van der Waals surface area (Å²) in [7, 11) is 8.53. The number of benzene rings is 2. The number of thioether (sulfide) groups is 1. The Bertz CT molecular complexity index is 2600. The number of likely N-dealkylation sites (tertiary alicyclic amines) is 1. The highest BCUT2D eigenvalue weighted by molar-refractivity contribution is 8.00. The summed E-state index contributed by atoms with van der Waals surface area (Å²) in [6.07, 6.45) is 1.18. The Morgan fingerprint density at radius 2 is 1.07 bits per heavy atom. The van der Waals surface area contributed by atoms with E-state index in [-0.39, 0.29) is 61.5 Å². The molecule has 2 heterocycles. The number of amides is 10. The van der Waals surface area contributed by atoms with Crippen LogP contribution in [0.1, 0.15) is 106 Å². The molecule has 4 rings (SSSR count). The Balaban J connectivity index is 1.88. The summed E-state index contributed by atoms with van der Waals surface area (Å²) in [6, 6.07) is 7.83. The molecule has 2 fully saturated rings. The summed E-state index contributed by atoms with van der Waals surface area (Å²) >= 11 is 1.08. The monoisotopic (exact) mass is 1200 g/mol. The van der Waals surface area contributed by atoms with Gasteiger partial charge < -0.3 is 60.1 Å². The van der Waals surface area contributed by atoms with Gasteiger partial charge in [-0.25, -0.2) is 0 Å². The number of carbonyl (C=O) groups excluding carboxylic acids is 10. The minimum absolute atomic E-state index is 0.000292. The SMILES string of the molecule is CC(C)C[C@H]1C(=O)N[C@@H](COC(C)(C)C)C(=O)N[C@H](C(=O)N2CCCCC2)CSCC(=O)N(C)[C@@H](Cc2ccccc2)C(=O)N(C)[C@@H](C)C(=O)N(C)[C@@H](Cc2ccccc2)C(=O)N(C)[C@@H](CC(C)C)C(=O)N[C@@H]([C@@H](C)O)C(=O)N(C)CC(=O)N1C. The number of nitrogens with one attached hydrogen (secondary N) is 3. The number of likely N-dealkylation sites (N-methyl/N-ethyl adjacent to an activating group) is 6. The fraction of sp³-hybridized carbons (Fsp3) is 0.645. The van der Waals surface area contributed by atoms with E-state index in [2.05, 4.69) is 16.0 Å². The average Bonchev–Trinajstić information content (AvgIpc) is 3.12. The molecule has 472 valence electrons. The topological polar surface area (TPSA) is 259 Å². The van der Waals surface area contributed by atoms with E-state index in [0.717, 1.165) is 41.5 Å². The van der Waals surface area contributed by atoms with Gasteiger partial charge >= 0.3 is 0 Å². The molecule has 0 aromatic heterocycles. The van der Waals surface area contributed by atoms with Crippen LogP contribution in [0.25, 0.3) is 0 Å². The standard InChI is InChI=1S/C62H96N10O12S/c1-39(2)31-47-55(77)63-45(36-84-62(7,8)9)54(76)64-46(58(80)72-29-23-18-24-30-72)37-85-38-52(75)69(13)49(33-43-25-19-16-20-26-43)59(81)67(11)41(5)57(79)71(15)50(34-44-27-21-17-22-28-44)60(82)70(14)48(32-40(3)4)56(78)65-53(42(6)73)61(83)66(10)35-51(74)68(47)12/h16-17,19-22,25-28,39-42,45-50,53,73H,18,23-24,29-38H2,1-15H3,(H,63,77)(H,64,76)(H,65,78)/t41-,42+,45-,46-,47-,48-,49-,50-,53-/m0/s1. The van der Waals surface area contributed by atoms with Crippen LogP contribution < -0.4 is 16.0 Å². The summed E-state index contributed by atoms with van der Waals surface area (Å²) in [5.74, 6) is -7.18. The van der Waals surface area contributed by atoms with Crippen molar-refractivity contribution >= 4 is 70.8 Å². The molecule has 0 radical (unpaired) electrons. The summed E-state index contributed by atoms with van der Waals surface area (Å²) in [6.45, 7) is 15.5. The summed E-state index contributed by atoms with van der Waals surface area (Å²) in [5, 5.41) is 19.4. The highest BCUT2D eigenvalue weighted by Gasteiger charge is 2.42. The average molecular weight is 1210 g/mol. The zero-order valence-corrected chi connectivity index (χ0v) is 53.6. The maximum atomic E-state index is 15.1. The van der Waals surface area contributed by atoms with Gasteiger partial charge in [0.15, 0.2) is 0 Å². The fourth-order valence-corrected chi connectivity index (χ4v) is 11.2. The van der Waals surface area contributed by atoms with Gasteiger partial charge in [-0.2, -0.15) is 0 Å². The summed E-state index contributed by atoms with van der Waals surface area (Å²) < 4.78 is 6.08. The second-order valence-electron chi connectivity index (χ2n) is 24.6. The lowest BCUT2D eigenvalue weighted by atomic mass is 9.98. The largest absolute Gasteiger partial charge is 0.391 e. The normalized spacial score (nSPS) is 25.1. The number of aliphatic hydroxyl groups excluding tert-OH is 1. The van der Waals surface area contributed by atoms with E-state index < -0.39 is 120 Å². The molecule has 2 aromatic rings. The molecule has 0 aliphatic carbocycles. The number of nitrogens with zero attached hydrogens (tertiary/aromatic N) is 7. The Hall–Kier alpha value is -6.59. The van der Waals surface area contributed by atoms with Crippen molar-refractivity contribution in [1.29, 1.82) is 0 Å². The highest BCUT2D eigenvalue weighted by atomic mass is 32.2. The van der Waals surface area contributed by atoms with Crippen LogP contribution in [-0.2, 0) is 65.5 Å². The van der Waals surface area contributed by atoms with Gasteiger partial charge in [-0.1, -0.05) is 88.4 Å². The first kappa shape index (κ1) is 70.9. The van der Waals surface area contributed by atoms with Crippen LogP contribution in [0.5, 0.6) is 0 Å². The van der Waals surface area contributed by atoms with E-state index in [9.17, 15) is 48.3 Å². The molecular formula is C62H96N10O12S. The highest BCUT2D eigenvalue weighted by Crippen LogP contribution is 2.22. The third-order valence-electron chi connectivity index (χ3n) is 15.6. The number of piperidine rings is 1. The number of ether oxygens (including phenoxy) is 1. The molecular weight excluding hydrogens is 1110 g/mol. The van der Waals surface area contributed by atoms with E-state index in [4.69, 9.17) is 4.74 Å². The van der Waals surface area contributed by atoms with Gasteiger partial charge in [0.25, 0.3) is 0 Å². The molecule has 0 bridgehead atoms. The molecule has 2 aromatic carbocycles. The molecule has 23 heteroatoms. The maximum absolute atomic E-state index is 15.1. The zero-order chi connectivity index (χ0) is 63.6. The van der Waals surface area contributed by atoms with Gasteiger partial charge in [0.05, 0.1) is 30.6 Å². The quantitative estimate of drug-likeness (QED) is 0.239. The van der Waals surface area contributed by atoms with Crippen LogP contribution in [0, 0.1) is 11.8 Å². The van der Waals surface area contributed by atoms with Crippen LogP contribution >= 0.6 is 11.8 Å². The van der Waals surface area contributed by atoms with Crippen molar-refractivity contribution in [3.63, 3.8) is 0 Å². The third-order valence-corrected chi connectivity index (χ3v) is 16.7. The molecule has 0 spiro atoms. The van der Waals surface area contributed by atoms with E-state index in [0.29, 0.717) is 18.7 Å². The summed E-state index contributed by atoms with van der Waals surface area (Å²) in [4.78, 5) is 155. The first-order valence-corrected chi connectivity index (χ1v) is 30.7. The predicted octanol–water partition coefficient (Wildman–Crippen LogP) is 2.59. The summed E-state index contributed by atoms with van der Waals surface area (Å²) in [5.41, 5.74) is 0.623. The minimum Gasteiger partial charge on any atom is -0.391 e. The number of aliphatic hydroxyl groups is 1. The van der Waals surface area contributed by atoms with Crippen LogP contribution in [0.3, 0.4) is 0 Å². The molecule has 9 atom stereocenters.